The van der Waals surface area contributed by atoms with Crippen molar-refractivity contribution in [2.45, 2.75) is 19.3 Å². The second kappa shape index (κ2) is 11.8. The summed E-state index contributed by atoms with van der Waals surface area (Å²) in [5, 5.41) is 4.42. The van der Waals surface area contributed by atoms with Crippen LogP contribution in [0.25, 0.3) is 11.0 Å². The van der Waals surface area contributed by atoms with Crippen molar-refractivity contribution in [1.29, 1.82) is 0 Å². The van der Waals surface area contributed by atoms with Crippen LogP contribution in [0.5, 0.6) is 11.5 Å². The molecule has 3 heterocycles. The molecule has 0 unspecified atom stereocenters. The zero-order valence-electron chi connectivity index (χ0n) is 18.9. The second-order valence-corrected chi connectivity index (χ2v) is 8.73. The molecule has 10 heteroatoms. The summed E-state index contributed by atoms with van der Waals surface area (Å²) in [6.07, 6.45) is 5.93. The zero-order valence-corrected chi connectivity index (χ0v) is 20.5. The fraction of sp³-hybridized carbons (Fsp3) is 0.417. The molecule has 0 bridgehead atoms. The van der Waals surface area contributed by atoms with Crippen LogP contribution in [0.4, 0.5) is 11.4 Å². The number of nitrogens with one attached hydrogen (secondary N) is 1. The van der Waals surface area contributed by atoms with Gasteiger partial charge in [-0.25, -0.2) is 4.79 Å². The van der Waals surface area contributed by atoms with Gasteiger partial charge in [0, 0.05) is 36.9 Å². The first kappa shape index (κ1) is 24.6. The predicted octanol–water partition coefficient (Wildman–Crippen LogP) is 5.13. The lowest BCUT2D eigenvalue weighted by Gasteiger charge is -2.26. The molecular formula is C24H27Cl2N3O5. The van der Waals surface area contributed by atoms with Crippen LogP contribution in [0.15, 0.2) is 39.8 Å². The van der Waals surface area contributed by atoms with E-state index in [1.165, 1.54) is 18.5 Å². The van der Waals surface area contributed by atoms with Gasteiger partial charge in [-0.3, -0.25) is 9.88 Å². The van der Waals surface area contributed by atoms with Crippen LogP contribution in [-0.4, -0.2) is 56.4 Å². The first-order valence-corrected chi connectivity index (χ1v) is 12.0. The molecule has 4 rings (SSSR count). The molecule has 1 aromatic carbocycles. The van der Waals surface area contributed by atoms with Crippen molar-refractivity contribution in [2.75, 3.05) is 51.9 Å². The average Bonchev–Trinajstić information content (AvgIpc) is 2.84. The number of nitrogens with zero attached hydrogens (tertiary/aromatic N) is 2. The van der Waals surface area contributed by atoms with Crippen molar-refractivity contribution in [3.8, 4) is 11.5 Å². The second-order valence-electron chi connectivity index (χ2n) is 7.92. The van der Waals surface area contributed by atoms with Crippen LogP contribution >= 0.6 is 23.2 Å². The largest absolute Gasteiger partial charge is 0.493 e. The van der Waals surface area contributed by atoms with Crippen LogP contribution in [0.3, 0.4) is 0 Å². The van der Waals surface area contributed by atoms with Gasteiger partial charge in [-0.1, -0.05) is 23.2 Å². The number of rotatable bonds is 10. The molecule has 0 aliphatic carbocycles. The third-order valence-electron chi connectivity index (χ3n) is 5.63. The van der Waals surface area contributed by atoms with Gasteiger partial charge >= 0.3 is 5.63 Å². The number of anilines is 2. The zero-order chi connectivity index (χ0) is 23.9. The monoisotopic (exact) mass is 507 g/mol. The van der Waals surface area contributed by atoms with E-state index < -0.39 is 5.63 Å². The summed E-state index contributed by atoms with van der Waals surface area (Å²) < 4.78 is 22.5. The summed E-state index contributed by atoms with van der Waals surface area (Å²) in [6.45, 7) is 5.15. The van der Waals surface area contributed by atoms with Crippen LogP contribution in [-0.2, 0) is 4.74 Å². The van der Waals surface area contributed by atoms with Crippen LogP contribution in [0.2, 0.25) is 10.0 Å². The third kappa shape index (κ3) is 5.93. The number of morpholine rings is 1. The summed E-state index contributed by atoms with van der Waals surface area (Å²) in [6, 6.07) is 4.91. The Morgan fingerprint density at radius 1 is 1.12 bits per heavy atom. The molecule has 34 heavy (non-hydrogen) atoms. The predicted molar refractivity (Wildman–Crippen MR) is 133 cm³/mol. The molecule has 1 saturated heterocycles. The number of benzene rings is 1. The summed E-state index contributed by atoms with van der Waals surface area (Å²) in [4.78, 5) is 18.8. The lowest BCUT2D eigenvalue weighted by atomic mass is 10.1. The van der Waals surface area contributed by atoms with Crippen LogP contribution < -0.4 is 20.4 Å². The molecule has 1 aliphatic heterocycles. The van der Waals surface area contributed by atoms with Gasteiger partial charge in [0.15, 0.2) is 11.3 Å². The normalized spacial score (nSPS) is 14.3. The van der Waals surface area contributed by atoms with E-state index in [2.05, 4.69) is 15.2 Å². The number of ether oxygens (including phenoxy) is 3. The van der Waals surface area contributed by atoms with Gasteiger partial charge in [0.05, 0.1) is 48.4 Å². The van der Waals surface area contributed by atoms with Crippen molar-refractivity contribution in [1.82, 2.24) is 9.88 Å². The number of unbranched alkanes of at least 4 members (excludes halogenated alkanes) is 2. The molecule has 0 spiro atoms. The Bertz CT molecular complexity index is 1160. The smallest absolute Gasteiger partial charge is 0.338 e. The maximum atomic E-state index is 12.4. The van der Waals surface area contributed by atoms with E-state index in [1.54, 1.807) is 19.2 Å². The van der Waals surface area contributed by atoms with E-state index in [9.17, 15) is 4.79 Å². The van der Waals surface area contributed by atoms with Crippen molar-refractivity contribution in [3.63, 3.8) is 0 Å². The quantitative estimate of drug-likeness (QED) is 0.298. The summed E-state index contributed by atoms with van der Waals surface area (Å²) in [5.74, 6) is 0.877. The number of fused-ring (bicyclic) bond motifs is 1. The molecule has 2 aromatic heterocycles. The molecular weight excluding hydrogens is 481 g/mol. The SMILES string of the molecule is COc1ccc2c(Nc3c(Cl)cncc3Cl)cc(=O)oc2c1OCCCCCN1CCOCC1. The van der Waals surface area contributed by atoms with Crippen molar-refractivity contribution in [3.05, 3.63) is 51.1 Å². The lowest BCUT2D eigenvalue weighted by Crippen LogP contribution is -2.36. The Morgan fingerprint density at radius 3 is 2.62 bits per heavy atom. The minimum Gasteiger partial charge on any atom is -0.493 e. The highest BCUT2D eigenvalue weighted by atomic mass is 35.5. The van der Waals surface area contributed by atoms with E-state index >= 15 is 0 Å². The molecule has 8 nitrogen and oxygen atoms in total. The van der Waals surface area contributed by atoms with Gasteiger partial charge in [0.25, 0.3) is 0 Å². The Balaban J connectivity index is 1.49. The van der Waals surface area contributed by atoms with Gasteiger partial charge in [0.1, 0.15) is 0 Å². The first-order valence-electron chi connectivity index (χ1n) is 11.2. The number of methoxy groups -OCH3 is 1. The Hall–Kier alpha value is -2.52. The fourth-order valence-corrected chi connectivity index (χ4v) is 4.32. The maximum absolute atomic E-state index is 12.4. The number of halogens is 2. The number of aromatic nitrogens is 1. The van der Waals surface area contributed by atoms with Gasteiger partial charge in [-0.2, -0.15) is 0 Å². The number of hydrogen-bond donors (Lipinski definition) is 1. The van der Waals surface area contributed by atoms with E-state index in [-0.39, 0.29) is 0 Å². The van der Waals surface area contributed by atoms with Crippen molar-refractivity contribution < 1.29 is 18.6 Å². The molecule has 1 aliphatic rings. The summed E-state index contributed by atoms with van der Waals surface area (Å²) in [5.41, 5.74) is 0.687. The highest BCUT2D eigenvalue weighted by Gasteiger charge is 2.18. The molecule has 0 atom stereocenters. The van der Waals surface area contributed by atoms with Crippen LogP contribution in [0.1, 0.15) is 19.3 Å². The third-order valence-corrected chi connectivity index (χ3v) is 6.21. The Labute approximate surface area is 207 Å². The first-order chi connectivity index (χ1) is 16.6. The molecule has 0 saturated carbocycles. The van der Waals surface area contributed by atoms with Gasteiger partial charge < -0.3 is 23.9 Å². The summed E-state index contributed by atoms with van der Waals surface area (Å²) >= 11 is 12.5. The standard InChI is InChI=1S/C24H27Cl2N3O5/c1-31-20-6-5-16-19(28-22-17(25)14-27-15-18(22)26)13-21(30)34-23(16)24(20)33-10-4-2-3-7-29-8-11-32-12-9-29/h5-6,13-15H,2-4,7-12H2,1H3,(H,27,28). The fourth-order valence-electron chi connectivity index (χ4n) is 3.86. The van der Waals surface area contributed by atoms with Crippen molar-refractivity contribution >= 4 is 45.5 Å². The molecule has 0 radical (unpaired) electrons. The van der Waals surface area contributed by atoms with Gasteiger partial charge in [0.2, 0.25) is 5.75 Å². The lowest BCUT2D eigenvalue weighted by molar-refractivity contribution is 0.0370. The molecule has 182 valence electrons. The van der Waals surface area contributed by atoms with Crippen LogP contribution in [0, 0.1) is 0 Å². The van der Waals surface area contributed by atoms with Gasteiger partial charge in [-0.15, -0.1) is 0 Å². The van der Waals surface area contributed by atoms with Gasteiger partial charge in [-0.05, 0) is 37.9 Å². The summed E-state index contributed by atoms with van der Waals surface area (Å²) in [7, 11) is 1.55. The average molecular weight is 508 g/mol. The number of pyridine rings is 1. The van der Waals surface area contributed by atoms with E-state index in [1.807, 2.05) is 0 Å². The van der Waals surface area contributed by atoms with Crippen molar-refractivity contribution in [2.24, 2.45) is 0 Å². The topological polar surface area (TPSA) is 86.1 Å². The Kier molecular flexibility index (Phi) is 8.50. The minimum atomic E-state index is -0.542. The maximum Gasteiger partial charge on any atom is 0.338 e. The highest BCUT2D eigenvalue weighted by Crippen LogP contribution is 2.40. The van der Waals surface area contributed by atoms with E-state index in [4.69, 9.17) is 41.8 Å². The van der Waals surface area contributed by atoms with E-state index in [0.29, 0.717) is 50.5 Å². The highest BCUT2D eigenvalue weighted by molar-refractivity contribution is 6.39. The molecule has 0 amide bonds. The van der Waals surface area contributed by atoms with E-state index in [0.717, 1.165) is 52.1 Å². The molecule has 1 N–H and O–H groups in total. The minimum absolute atomic E-state index is 0.295. The molecule has 3 aromatic rings. The Morgan fingerprint density at radius 2 is 1.88 bits per heavy atom. The molecule has 1 fully saturated rings. The number of hydrogen-bond acceptors (Lipinski definition) is 8.